The Balaban J connectivity index is 4.30. The Labute approximate surface area is 99.2 Å². The van der Waals surface area contributed by atoms with Crippen molar-refractivity contribution in [2.45, 2.75) is 45.2 Å². The number of urea groups is 1. The zero-order valence-electron chi connectivity index (χ0n) is 10.1. The molecule has 0 heterocycles. The molecule has 0 aliphatic carbocycles. The number of amides is 2. The first-order chi connectivity index (χ1) is 7.61. The lowest BCUT2D eigenvalue weighted by atomic mass is 10.1. The van der Waals surface area contributed by atoms with Crippen LogP contribution in [0.3, 0.4) is 0 Å². The standard InChI is InChI=1S/C10H18N2O5/c1-10(2,3)12-9(17)11-6(8(15)16)4-5-7(13)14/h6H,4-5H2,1-3H3,(H,13,14)(H,15,16)(H2,11,12,17). The van der Waals surface area contributed by atoms with E-state index in [0.29, 0.717) is 0 Å². The van der Waals surface area contributed by atoms with Gasteiger partial charge in [0.2, 0.25) is 0 Å². The minimum atomic E-state index is -1.25. The summed E-state index contributed by atoms with van der Waals surface area (Å²) in [6.07, 6.45) is -0.463. The molecule has 0 aliphatic rings. The molecular weight excluding hydrogens is 228 g/mol. The maximum absolute atomic E-state index is 11.4. The quantitative estimate of drug-likeness (QED) is 0.560. The van der Waals surface area contributed by atoms with Crippen LogP contribution in [0.2, 0.25) is 0 Å². The van der Waals surface area contributed by atoms with Gasteiger partial charge in [-0.25, -0.2) is 9.59 Å². The Bertz CT molecular complexity index is 308. The predicted molar refractivity (Wildman–Crippen MR) is 59.7 cm³/mol. The van der Waals surface area contributed by atoms with E-state index >= 15 is 0 Å². The normalized spacial score (nSPS) is 12.6. The Kier molecular flexibility index (Phi) is 5.43. The van der Waals surface area contributed by atoms with Gasteiger partial charge < -0.3 is 20.8 Å². The van der Waals surface area contributed by atoms with Crippen molar-refractivity contribution in [3.05, 3.63) is 0 Å². The van der Waals surface area contributed by atoms with Gasteiger partial charge in [-0.1, -0.05) is 0 Å². The van der Waals surface area contributed by atoms with Gasteiger partial charge in [-0.15, -0.1) is 0 Å². The molecule has 1 atom stereocenters. The van der Waals surface area contributed by atoms with Gasteiger partial charge >= 0.3 is 18.0 Å². The summed E-state index contributed by atoms with van der Waals surface area (Å²) in [6, 6.07) is -1.83. The minimum Gasteiger partial charge on any atom is -0.481 e. The van der Waals surface area contributed by atoms with Crippen LogP contribution < -0.4 is 10.6 Å². The van der Waals surface area contributed by atoms with E-state index in [2.05, 4.69) is 10.6 Å². The summed E-state index contributed by atoms with van der Waals surface area (Å²) >= 11 is 0. The fourth-order valence-corrected chi connectivity index (χ4v) is 1.06. The molecule has 0 saturated carbocycles. The van der Waals surface area contributed by atoms with E-state index < -0.39 is 29.6 Å². The van der Waals surface area contributed by atoms with Crippen molar-refractivity contribution in [2.24, 2.45) is 0 Å². The molecule has 0 aromatic rings. The lowest BCUT2D eigenvalue weighted by Crippen LogP contribution is -2.51. The first kappa shape index (κ1) is 15.2. The summed E-state index contributed by atoms with van der Waals surface area (Å²) < 4.78 is 0. The summed E-state index contributed by atoms with van der Waals surface area (Å²) in [5, 5.41) is 22.0. The second kappa shape index (κ2) is 6.07. The number of hydrogen-bond donors (Lipinski definition) is 4. The average Bonchev–Trinajstić information content (AvgIpc) is 2.08. The average molecular weight is 246 g/mol. The maximum Gasteiger partial charge on any atom is 0.326 e. The largest absolute Gasteiger partial charge is 0.481 e. The second-order valence-corrected chi connectivity index (χ2v) is 4.67. The van der Waals surface area contributed by atoms with Crippen molar-refractivity contribution in [1.82, 2.24) is 10.6 Å². The van der Waals surface area contributed by atoms with Crippen LogP contribution >= 0.6 is 0 Å². The molecule has 4 N–H and O–H groups in total. The van der Waals surface area contributed by atoms with Gasteiger partial charge in [0.05, 0.1) is 0 Å². The van der Waals surface area contributed by atoms with E-state index in [9.17, 15) is 14.4 Å². The van der Waals surface area contributed by atoms with Gasteiger partial charge in [0.1, 0.15) is 6.04 Å². The Hall–Kier alpha value is -1.79. The molecule has 0 aromatic carbocycles. The number of aliphatic carboxylic acids is 2. The molecule has 0 saturated heterocycles. The van der Waals surface area contributed by atoms with Gasteiger partial charge in [-0.2, -0.15) is 0 Å². The zero-order valence-corrected chi connectivity index (χ0v) is 10.1. The van der Waals surface area contributed by atoms with E-state index in [4.69, 9.17) is 10.2 Å². The molecule has 0 fully saturated rings. The zero-order chi connectivity index (χ0) is 13.6. The van der Waals surface area contributed by atoms with Crippen LogP contribution in [-0.4, -0.2) is 39.8 Å². The second-order valence-electron chi connectivity index (χ2n) is 4.67. The predicted octanol–water partition coefficient (Wildman–Crippen LogP) is 0.402. The van der Waals surface area contributed by atoms with Gasteiger partial charge in [-0.05, 0) is 27.2 Å². The third kappa shape index (κ3) is 8.06. The first-order valence-electron chi connectivity index (χ1n) is 5.15. The number of carbonyl (C=O) groups is 3. The molecule has 98 valence electrons. The highest BCUT2D eigenvalue weighted by atomic mass is 16.4. The van der Waals surface area contributed by atoms with Crippen LogP contribution in [0, 0.1) is 0 Å². The molecule has 7 heteroatoms. The lowest BCUT2D eigenvalue weighted by Gasteiger charge is -2.22. The monoisotopic (exact) mass is 246 g/mol. The Morgan fingerprint density at radius 1 is 1.18 bits per heavy atom. The Morgan fingerprint density at radius 2 is 1.71 bits per heavy atom. The summed E-state index contributed by atoms with van der Waals surface area (Å²) in [5.74, 6) is -2.36. The molecule has 0 aliphatic heterocycles. The van der Waals surface area contributed by atoms with Crippen molar-refractivity contribution in [2.75, 3.05) is 0 Å². The molecule has 0 bridgehead atoms. The van der Waals surface area contributed by atoms with Crippen molar-refractivity contribution < 1.29 is 24.6 Å². The molecular formula is C10H18N2O5. The fraction of sp³-hybridized carbons (Fsp3) is 0.700. The Morgan fingerprint density at radius 3 is 2.06 bits per heavy atom. The summed E-state index contributed by atoms with van der Waals surface area (Å²) in [7, 11) is 0. The topological polar surface area (TPSA) is 116 Å². The van der Waals surface area contributed by atoms with Crippen LogP contribution in [0.15, 0.2) is 0 Å². The molecule has 0 radical (unpaired) electrons. The fourth-order valence-electron chi connectivity index (χ4n) is 1.06. The summed E-state index contributed by atoms with van der Waals surface area (Å²) in [4.78, 5) is 32.5. The molecule has 1 unspecified atom stereocenters. The molecule has 0 aromatic heterocycles. The van der Waals surface area contributed by atoms with E-state index in [1.807, 2.05) is 0 Å². The number of carboxylic acid groups (broad SMARTS) is 2. The number of hydrogen-bond acceptors (Lipinski definition) is 3. The molecule has 17 heavy (non-hydrogen) atoms. The first-order valence-corrected chi connectivity index (χ1v) is 5.15. The molecule has 2 amide bonds. The van der Waals surface area contributed by atoms with E-state index in [1.54, 1.807) is 20.8 Å². The van der Waals surface area contributed by atoms with Crippen LogP contribution in [0.25, 0.3) is 0 Å². The van der Waals surface area contributed by atoms with Gasteiger partial charge in [0.15, 0.2) is 0 Å². The van der Waals surface area contributed by atoms with E-state index in [-0.39, 0.29) is 12.8 Å². The van der Waals surface area contributed by atoms with Crippen molar-refractivity contribution in [3.8, 4) is 0 Å². The van der Waals surface area contributed by atoms with Crippen molar-refractivity contribution in [3.63, 3.8) is 0 Å². The molecule has 0 spiro atoms. The van der Waals surface area contributed by atoms with Crippen LogP contribution in [0.4, 0.5) is 4.79 Å². The van der Waals surface area contributed by atoms with Gasteiger partial charge in [-0.3, -0.25) is 4.79 Å². The van der Waals surface area contributed by atoms with Crippen LogP contribution in [-0.2, 0) is 9.59 Å². The number of rotatable bonds is 5. The van der Waals surface area contributed by atoms with Crippen LogP contribution in [0.1, 0.15) is 33.6 Å². The number of carboxylic acids is 2. The number of nitrogens with one attached hydrogen (secondary N) is 2. The van der Waals surface area contributed by atoms with E-state index in [0.717, 1.165) is 0 Å². The van der Waals surface area contributed by atoms with Crippen molar-refractivity contribution in [1.29, 1.82) is 0 Å². The van der Waals surface area contributed by atoms with Crippen LogP contribution in [0.5, 0.6) is 0 Å². The molecule has 0 rings (SSSR count). The lowest BCUT2D eigenvalue weighted by molar-refractivity contribution is -0.140. The highest BCUT2D eigenvalue weighted by Crippen LogP contribution is 2.01. The summed E-state index contributed by atoms with van der Waals surface area (Å²) in [5.41, 5.74) is -0.486. The maximum atomic E-state index is 11.4. The number of carbonyl (C=O) groups excluding carboxylic acids is 1. The third-order valence-electron chi connectivity index (χ3n) is 1.74. The van der Waals surface area contributed by atoms with Gasteiger partial charge in [0.25, 0.3) is 0 Å². The summed E-state index contributed by atoms with van der Waals surface area (Å²) in [6.45, 7) is 5.25. The minimum absolute atomic E-state index is 0.151. The SMILES string of the molecule is CC(C)(C)NC(=O)NC(CCC(=O)O)C(=O)O. The smallest absolute Gasteiger partial charge is 0.326 e. The van der Waals surface area contributed by atoms with Crippen molar-refractivity contribution >= 4 is 18.0 Å². The van der Waals surface area contributed by atoms with Gasteiger partial charge in [0, 0.05) is 12.0 Å². The van der Waals surface area contributed by atoms with E-state index in [1.165, 1.54) is 0 Å². The third-order valence-corrected chi connectivity index (χ3v) is 1.74. The highest BCUT2D eigenvalue weighted by Gasteiger charge is 2.22. The highest BCUT2D eigenvalue weighted by molar-refractivity contribution is 5.83. The molecule has 7 nitrogen and oxygen atoms in total.